The molecule has 1 aromatic rings. The molecule has 0 spiro atoms. The maximum atomic E-state index is 12.7. The minimum atomic E-state index is -0.594. The molecule has 1 aliphatic rings. The van der Waals surface area contributed by atoms with Crippen molar-refractivity contribution < 1.29 is 18.8 Å². The van der Waals surface area contributed by atoms with Gasteiger partial charge in [-0.25, -0.2) is 0 Å². The lowest BCUT2D eigenvalue weighted by molar-refractivity contribution is -0.124. The zero-order valence-electron chi connectivity index (χ0n) is 15.5. The van der Waals surface area contributed by atoms with Crippen molar-refractivity contribution in [2.75, 3.05) is 26.9 Å². The highest BCUT2D eigenvalue weighted by atomic mass is 16.5. The maximum Gasteiger partial charge on any atom is 0.158 e. The average molecular weight is 338 g/mol. The number of ether oxygens (including phenoxy) is 2. The number of Topliss-reactive ketones (excluding diaryl/α,β-unsaturated/α-hetero) is 1. The van der Waals surface area contributed by atoms with Crippen molar-refractivity contribution in [3.05, 3.63) is 17.5 Å². The first-order chi connectivity index (χ1) is 11.2. The highest BCUT2D eigenvalue weighted by Gasteiger charge is 2.32. The van der Waals surface area contributed by atoms with Crippen LogP contribution in [0.3, 0.4) is 0 Å². The van der Waals surface area contributed by atoms with Crippen molar-refractivity contribution in [2.45, 2.75) is 64.0 Å². The van der Waals surface area contributed by atoms with Gasteiger partial charge in [-0.15, -0.1) is 0 Å². The summed E-state index contributed by atoms with van der Waals surface area (Å²) in [6.45, 7) is 9.96. The average Bonchev–Trinajstić information content (AvgIpc) is 2.97. The van der Waals surface area contributed by atoms with E-state index in [1.807, 2.05) is 33.8 Å². The lowest BCUT2D eigenvalue weighted by Gasteiger charge is -2.32. The number of hydrogen-bond donors (Lipinski definition) is 1. The van der Waals surface area contributed by atoms with E-state index in [9.17, 15) is 4.79 Å². The minimum Gasteiger partial charge on any atom is -0.384 e. The molecular weight excluding hydrogens is 308 g/mol. The van der Waals surface area contributed by atoms with Crippen molar-refractivity contribution in [2.24, 2.45) is 0 Å². The van der Waals surface area contributed by atoms with Crippen LogP contribution in [0.4, 0.5) is 0 Å². The van der Waals surface area contributed by atoms with Crippen molar-refractivity contribution in [1.29, 1.82) is 0 Å². The lowest BCUT2D eigenvalue weighted by atomic mass is 9.90. The summed E-state index contributed by atoms with van der Waals surface area (Å²) in [5.41, 5.74) is -0.191. The van der Waals surface area contributed by atoms with Crippen molar-refractivity contribution in [3.8, 4) is 0 Å². The highest BCUT2D eigenvalue weighted by molar-refractivity contribution is 5.89. The first-order valence-electron chi connectivity index (χ1n) is 8.58. The zero-order valence-corrected chi connectivity index (χ0v) is 15.5. The van der Waals surface area contributed by atoms with Crippen LogP contribution in [0, 0.1) is 0 Å². The van der Waals surface area contributed by atoms with Gasteiger partial charge in [0, 0.05) is 37.8 Å². The van der Waals surface area contributed by atoms with Crippen LogP contribution in [0.1, 0.15) is 52.0 Å². The normalized spacial score (nSPS) is 17.2. The molecule has 0 unspecified atom stereocenters. The molecule has 2 heterocycles. The van der Waals surface area contributed by atoms with Crippen LogP contribution in [0.2, 0.25) is 0 Å². The second-order valence-electron chi connectivity index (χ2n) is 7.76. The maximum absolute atomic E-state index is 12.7. The van der Waals surface area contributed by atoms with Crippen LogP contribution >= 0.6 is 0 Å². The summed E-state index contributed by atoms with van der Waals surface area (Å²) < 4.78 is 16.0. The molecular formula is C18H30N2O4. The van der Waals surface area contributed by atoms with Gasteiger partial charge in [-0.05, 0) is 26.7 Å². The molecule has 0 aromatic carbocycles. The van der Waals surface area contributed by atoms with E-state index < -0.39 is 5.54 Å². The SMILES string of the molecule is COCC(C)(C)c1cc(CC(=O)C(C)(C)NC2CCOCC2)no1. The molecule has 6 nitrogen and oxygen atoms in total. The van der Waals surface area contributed by atoms with E-state index in [4.69, 9.17) is 14.0 Å². The van der Waals surface area contributed by atoms with Gasteiger partial charge in [-0.1, -0.05) is 19.0 Å². The largest absolute Gasteiger partial charge is 0.384 e. The molecule has 1 aromatic heterocycles. The number of rotatable bonds is 8. The molecule has 1 N–H and O–H groups in total. The summed E-state index contributed by atoms with van der Waals surface area (Å²) in [5, 5.41) is 7.53. The third-order valence-electron chi connectivity index (χ3n) is 4.56. The molecule has 1 saturated heterocycles. The Morgan fingerprint density at radius 3 is 2.62 bits per heavy atom. The van der Waals surface area contributed by atoms with Gasteiger partial charge >= 0.3 is 0 Å². The summed E-state index contributed by atoms with van der Waals surface area (Å²) in [7, 11) is 1.66. The molecule has 0 atom stereocenters. The molecule has 0 saturated carbocycles. The molecule has 0 aliphatic carbocycles. The quantitative estimate of drug-likeness (QED) is 0.784. The van der Waals surface area contributed by atoms with Crippen LogP contribution < -0.4 is 5.32 Å². The molecule has 136 valence electrons. The van der Waals surface area contributed by atoms with Crippen LogP contribution in [-0.4, -0.2) is 49.5 Å². The Kier molecular flexibility index (Phi) is 6.17. The van der Waals surface area contributed by atoms with Gasteiger partial charge in [0.1, 0.15) is 5.76 Å². The third-order valence-corrected chi connectivity index (χ3v) is 4.56. The van der Waals surface area contributed by atoms with Gasteiger partial charge < -0.3 is 19.3 Å². The van der Waals surface area contributed by atoms with Gasteiger partial charge in [0.15, 0.2) is 5.78 Å². The van der Waals surface area contributed by atoms with Gasteiger partial charge in [0.05, 0.1) is 24.3 Å². The van der Waals surface area contributed by atoms with Crippen LogP contribution in [-0.2, 0) is 26.1 Å². The standard InChI is InChI=1S/C18H30N2O4/c1-17(2,12-22-5)16-11-14(20-24-16)10-15(21)18(3,4)19-13-6-8-23-9-7-13/h11,13,19H,6-10,12H2,1-5H3. The molecule has 24 heavy (non-hydrogen) atoms. The first-order valence-corrected chi connectivity index (χ1v) is 8.58. The molecule has 0 radical (unpaired) electrons. The van der Waals surface area contributed by atoms with E-state index in [2.05, 4.69) is 10.5 Å². The van der Waals surface area contributed by atoms with E-state index >= 15 is 0 Å². The Balaban J connectivity index is 1.97. The van der Waals surface area contributed by atoms with E-state index in [-0.39, 0.29) is 17.6 Å². The number of carbonyl (C=O) groups is 1. The number of ketones is 1. The molecule has 6 heteroatoms. The summed E-state index contributed by atoms with van der Waals surface area (Å²) in [6.07, 6.45) is 2.14. The van der Waals surface area contributed by atoms with Crippen LogP contribution in [0.5, 0.6) is 0 Å². The number of hydrogen-bond acceptors (Lipinski definition) is 6. The zero-order chi connectivity index (χ0) is 17.8. The predicted molar refractivity (Wildman–Crippen MR) is 91.2 cm³/mol. The highest BCUT2D eigenvalue weighted by Crippen LogP contribution is 2.25. The molecule has 0 bridgehead atoms. The Morgan fingerprint density at radius 1 is 1.33 bits per heavy atom. The van der Waals surface area contributed by atoms with Gasteiger partial charge in [-0.2, -0.15) is 0 Å². The van der Waals surface area contributed by atoms with Crippen LogP contribution in [0.25, 0.3) is 0 Å². The fraction of sp³-hybridized carbons (Fsp3) is 0.778. The van der Waals surface area contributed by atoms with Crippen molar-refractivity contribution >= 4 is 5.78 Å². The van der Waals surface area contributed by atoms with Gasteiger partial charge in [0.2, 0.25) is 0 Å². The van der Waals surface area contributed by atoms with E-state index in [1.165, 1.54) is 0 Å². The fourth-order valence-corrected chi connectivity index (χ4v) is 2.96. The van der Waals surface area contributed by atoms with Crippen molar-refractivity contribution in [1.82, 2.24) is 10.5 Å². The van der Waals surface area contributed by atoms with E-state index in [0.29, 0.717) is 18.3 Å². The second kappa shape index (κ2) is 7.76. The molecule has 1 aliphatic heterocycles. The monoisotopic (exact) mass is 338 g/mol. The number of nitrogens with one attached hydrogen (secondary N) is 1. The third kappa shape index (κ3) is 4.88. The Labute approximate surface area is 144 Å². The summed E-state index contributed by atoms with van der Waals surface area (Å²) in [4.78, 5) is 12.7. The number of carbonyl (C=O) groups excluding carboxylic acids is 1. The molecule has 2 rings (SSSR count). The minimum absolute atomic E-state index is 0.110. The fourth-order valence-electron chi connectivity index (χ4n) is 2.96. The Bertz CT molecular complexity index is 545. The second-order valence-corrected chi connectivity index (χ2v) is 7.76. The topological polar surface area (TPSA) is 73.6 Å². The summed E-state index contributed by atoms with van der Waals surface area (Å²) >= 11 is 0. The number of methoxy groups -OCH3 is 1. The molecule has 1 fully saturated rings. The number of aromatic nitrogens is 1. The van der Waals surface area contributed by atoms with Crippen molar-refractivity contribution in [3.63, 3.8) is 0 Å². The summed E-state index contributed by atoms with van der Waals surface area (Å²) in [6, 6.07) is 2.19. The van der Waals surface area contributed by atoms with Gasteiger partial charge in [-0.3, -0.25) is 4.79 Å². The van der Waals surface area contributed by atoms with E-state index in [1.54, 1.807) is 7.11 Å². The smallest absolute Gasteiger partial charge is 0.158 e. The Morgan fingerprint density at radius 2 is 2.00 bits per heavy atom. The summed E-state index contributed by atoms with van der Waals surface area (Å²) in [5.74, 6) is 0.848. The number of nitrogens with zero attached hydrogens (tertiary/aromatic N) is 1. The first kappa shape index (κ1) is 19.1. The lowest BCUT2D eigenvalue weighted by Crippen LogP contribution is -2.53. The van der Waals surface area contributed by atoms with E-state index in [0.717, 1.165) is 31.8 Å². The Hall–Kier alpha value is -1.24. The van der Waals surface area contributed by atoms with Gasteiger partial charge in [0.25, 0.3) is 0 Å². The molecule has 0 amide bonds. The van der Waals surface area contributed by atoms with Crippen LogP contribution in [0.15, 0.2) is 10.6 Å². The predicted octanol–water partition coefficient (Wildman–Crippen LogP) is 2.26.